The van der Waals surface area contributed by atoms with E-state index in [1.54, 1.807) is 0 Å². The first-order valence-corrected chi connectivity index (χ1v) is 8.14. The lowest BCUT2D eigenvalue weighted by molar-refractivity contribution is 0.124. The number of likely N-dealkylation sites (tertiary alicyclic amines) is 1. The van der Waals surface area contributed by atoms with Crippen LogP contribution < -0.4 is 0 Å². The van der Waals surface area contributed by atoms with Crippen molar-refractivity contribution in [1.82, 2.24) is 4.90 Å². The summed E-state index contributed by atoms with van der Waals surface area (Å²) >= 11 is 3.78. The van der Waals surface area contributed by atoms with Crippen molar-refractivity contribution in [1.29, 1.82) is 0 Å². The molecule has 2 rings (SSSR count). The summed E-state index contributed by atoms with van der Waals surface area (Å²) in [5.74, 6) is 0. The van der Waals surface area contributed by atoms with Gasteiger partial charge in [0.25, 0.3) is 0 Å². The Labute approximate surface area is 109 Å². The second kappa shape index (κ2) is 5.39. The first-order chi connectivity index (χ1) is 7.71. The van der Waals surface area contributed by atoms with Crippen LogP contribution in [0.4, 0.5) is 0 Å². The van der Waals surface area contributed by atoms with Crippen molar-refractivity contribution in [3.63, 3.8) is 0 Å². The van der Waals surface area contributed by atoms with Gasteiger partial charge in [-0.2, -0.15) is 0 Å². The molecule has 2 unspecified atom stereocenters. The van der Waals surface area contributed by atoms with Crippen molar-refractivity contribution in [3.8, 4) is 0 Å². The van der Waals surface area contributed by atoms with Gasteiger partial charge in [-0.15, -0.1) is 0 Å². The zero-order chi connectivity index (χ0) is 11.6. The molecule has 0 bridgehead atoms. The summed E-state index contributed by atoms with van der Waals surface area (Å²) in [7, 11) is 0. The molecule has 0 aromatic carbocycles. The zero-order valence-electron chi connectivity index (χ0n) is 10.8. The van der Waals surface area contributed by atoms with Crippen molar-refractivity contribution in [2.24, 2.45) is 5.41 Å². The van der Waals surface area contributed by atoms with Crippen LogP contribution in [0.1, 0.15) is 58.8 Å². The first kappa shape index (κ1) is 12.9. The SMILES string of the molecule is CCC1CCC(C)N1CC1(CBr)CCCC1. The minimum Gasteiger partial charge on any atom is -0.297 e. The Morgan fingerprint density at radius 2 is 1.94 bits per heavy atom. The Bertz CT molecular complexity index is 223. The van der Waals surface area contributed by atoms with E-state index in [1.807, 2.05) is 0 Å². The minimum atomic E-state index is 0.603. The van der Waals surface area contributed by atoms with Gasteiger partial charge in [0.2, 0.25) is 0 Å². The molecule has 94 valence electrons. The summed E-state index contributed by atoms with van der Waals surface area (Å²) < 4.78 is 0. The average molecular weight is 288 g/mol. The number of nitrogens with zero attached hydrogens (tertiary/aromatic N) is 1. The summed E-state index contributed by atoms with van der Waals surface area (Å²) in [6, 6.07) is 1.69. The predicted molar refractivity (Wildman–Crippen MR) is 74.2 cm³/mol. The number of rotatable bonds is 4. The Morgan fingerprint density at radius 1 is 1.25 bits per heavy atom. The standard InChI is InChI=1S/C14H26BrN/c1-3-13-7-6-12(2)16(13)11-14(10-15)8-4-5-9-14/h12-13H,3-11H2,1-2H3. The molecule has 1 aliphatic carbocycles. The molecule has 0 radical (unpaired) electrons. The van der Waals surface area contributed by atoms with Crippen LogP contribution in [-0.2, 0) is 0 Å². The molecular formula is C14H26BrN. The van der Waals surface area contributed by atoms with Crippen molar-refractivity contribution < 1.29 is 0 Å². The Morgan fingerprint density at radius 3 is 2.50 bits per heavy atom. The molecule has 2 fully saturated rings. The molecule has 1 saturated carbocycles. The van der Waals surface area contributed by atoms with Crippen LogP contribution in [0, 0.1) is 5.41 Å². The third-order valence-corrected chi connectivity index (χ3v) is 6.08. The van der Waals surface area contributed by atoms with Crippen molar-refractivity contribution in [3.05, 3.63) is 0 Å². The minimum absolute atomic E-state index is 0.603. The largest absolute Gasteiger partial charge is 0.297 e. The van der Waals surface area contributed by atoms with E-state index in [4.69, 9.17) is 0 Å². The van der Waals surface area contributed by atoms with E-state index in [9.17, 15) is 0 Å². The maximum absolute atomic E-state index is 3.78. The molecule has 1 saturated heterocycles. The molecule has 1 heterocycles. The molecule has 0 aromatic heterocycles. The van der Waals surface area contributed by atoms with E-state index in [0.29, 0.717) is 5.41 Å². The predicted octanol–water partition coefficient (Wildman–Crippen LogP) is 4.20. The highest BCUT2D eigenvalue weighted by atomic mass is 79.9. The second-order valence-corrected chi connectivity index (χ2v) is 6.56. The van der Waals surface area contributed by atoms with Gasteiger partial charge in [-0.3, -0.25) is 4.90 Å². The van der Waals surface area contributed by atoms with E-state index in [-0.39, 0.29) is 0 Å². The molecule has 0 aromatic rings. The van der Waals surface area contributed by atoms with Gasteiger partial charge in [-0.05, 0) is 44.4 Å². The topological polar surface area (TPSA) is 3.24 Å². The van der Waals surface area contributed by atoms with Crippen LogP contribution in [-0.4, -0.2) is 28.9 Å². The number of hydrogen-bond acceptors (Lipinski definition) is 1. The van der Waals surface area contributed by atoms with Crippen LogP contribution in [0.2, 0.25) is 0 Å². The lowest BCUT2D eigenvalue weighted by atomic mass is 9.87. The highest BCUT2D eigenvalue weighted by Crippen LogP contribution is 2.42. The Balaban J connectivity index is 2.01. The molecule has 2 heteroatoms. The summed E-state index contributed by atoms with van der Waals surface area (Å²) in [6.45, 7) is 6.12. The molecule has 16 heavy (non-hydrogen) atoms. The molecule has 2 atom stereocenters. The summed E-state index contributed by atoms with van der Waals surface area (Å²) in [6.07, 6.45) is 9.96. The quantitative estimate of drug-likeness (QED) is 0.701. The number of hydrogen-bond donors (Lipinski definition) is 0. The maximum Gasteiger partial charge on any atom is 0.0100 e. The highest BCUT2D eigenvalue weighted by molar-refractivity contribution is 9.09. The summed E-state index contributed by atoms with van der Waals surface area (Å²) in [4.78, 5) is 2.81. The van der Waals surface area contributed by atoms with Crippen LogP contribution in [0.25, 0.3) is 0 Å². The van der Waals surface area contributed by atoms with Crippen LogP contribution >= 0.6 is 15.9 Å². The van der Waals surface area contributed by atoms with Gasteiger partial charge in [0.15, 0.2) is 0 Å². The third kappa shape index (κ3) is 2.48. The van der Waals surface area contributed by atoms with E-state index >= 15 is 0 Å². The summed E-state index contributed by atoms with van der Waals surface area (Å²) in [5.41, 5.74) is 0.603. The van der Waals surface area contributed by atoms with Gasteiger partial charge in [-0.1, -0.05) is 35.7 Å². The van der Waals surface area contributed by atoms with Gasteiger partial charge < -0.3 is 0 Å². The molecular weight excluding hydrogens is 262 g/mol. The van der Waals surface area contributed by atoms with Gasteiger partial charge in [-0.25, -0.2) is 0 Å². The maximum atomic E-state index is 3.78. The molecule has 1 aliphatic heterocycles. The van der Waals surface area contributed by atoms with Crippen LogP contribution in [0.5, 0.6) is 0 Å². The zero-order valence-corrected chi connectivity index (χ0v) is 12.4. The Hall–Kier alpha value is 0.440. The summed E-state index contributed by atoms with van der Waals surface area (Å²) in [5, 5.41) is 1.21. The van der Waals surface area contributed by atoms with Crippen LogP contribution in [0.3, 0.4) is 0 Å². The molecule has 0 amide bonds. The fourth-order valence-electron chi connectivity index (χ4n) is 3.69. The number of alkyl halides is 1. The van der Waals surface area contributed by atoms with E-state index < -0.39 is 0 Å². The molecule has 2 aliphatic rings. The van der Waals surface area contributed by atoms with E-state index in [2.05, 4.69) is 34.7 Å². The highest BCUT2D eigenvalue weighted by Gasteiger charge is 2.39. The molecule has 1 nitrogen and oxygen atoms in total. The normalized spacial score (nSPS) is 34.7. The van der Waals surface area contributed by atoms with Gasteiger partial charge >= 0.3 is 0 Å². The number of halogens is 1. The van der Waals surface area contributed by atoms with Crippen molar-refractivity contribution in [2.75, 3.05) is 11.9 Å². The fourth-order valence-corrected chi connectivity index (χ4v) is 4.43. The average Bonchev–Trinajstić information content (AvgIpc) is 2.89. The fraction of sp³-hybridized carbons (Fsp3) is 1.00. The second-order valence-electron chi connectivity index (χ2n) is 6.00. The smallest absolute Gasteiger partial charge is 0.0100 e. The Kier molecular flexibility index (Phi) is 4.34. The molecule has 0 N–H and O–H groups in total. The van der Waals surface area contributed by atoms with Crippen molar-refractivity contribution in [2.45, 2.75) is 70.9 Å². The first-order valence-electron chi connectivity index (χ1n) is 7.02. The lowest BCUT2D eigenvalue weighted by Crippen LogP contribution is -2.43. The van der Waals surface area contributed by atoms with Gasteiger partial charge in [0.05, 0.1) is 0 Å². The van der Waals surface area contributed by atoms with E-state index in [1.165, 1.54) is 56.8 Å². The molecule has 0 spiro atoms. The van der Waals surface area contributed by atoms with E-state index in [0.717, 1.165) is 12.1 Å². The lowest BCUT2D eigenvalue weighted by Gasteiger charge is -2.37. The van der Waals surface area contributed by atoms with Crippen LogP contribution in [0.15, 0.2) is 0 Å². The third-order valence-electron chi connectivity index (χ3n) is 4.89. The van der Waals surface area contributed by atoms with Gasteiger partial charge in [0.1, 0.15) is 0 Å². The van der Waals surface area contributed by atoms with Gasteiger partial charge in [0, 0.05) is 24.0 Å². The van der Waals surface area contributed by atoms with Crippen molar-refractivity contribution >= 4 is 15.9 Å². The monoisotopic (exact) mass is 287 g/mol.